The summed E-state index contributed by atoms with van der Waals surface area (Å²) >= 11 is 1.18. The summed E-state index contributed by atoms with van der Waals surface area (Å²) in [6.45, 7) is 3.07. The van der Waals surface area contributed by atoms with E-state index in [1.165, 1.54) is 56.2 Å². The number of benzene rings is 2. The summed E-state index contributed by atoms with van der Waals surface area (Å²) in [7, 11) is 0. The number of thioether (sulfide) groups is 2. The van der Waals surface area contributed by atoms with Gasteiger partial charge in [-0.1, -0.05) is 14.9 Å². The van der Waals surface area contributed by atoms with Crippen molar-refractivity contribution in [1.29, 1.82) is 0 Å². The van der Waals surface area contributed by atoms with Crippen LogP contribution in [-0.2, 0) is 0 Å². The van der Waals surface area contributed by atoms with E-state index in [2.05, 4.69) is 24.9 Å². The number of anilines is 1. The fraction of sp³-hybridized carbons (Fsp3) is 0.267. The lowest BCUT2D eigenvalue weighted by molar-refractivity contribution is -0.106. The molecule has 0 aliphatic heterocycles. The van der Waals surface area contributed by atoms with Crippen molar-refractivity contribution in [3.05, 3.63) is 95.6 Å². The zero-order valence-corrected chi connectivity index (χ0v) is 26.0. The van der Waals surface area contributed by atoms with Gasteiger partial charge >= 0.3 is 12.4 Å². The highest BCUT2D eigenvalue weighted by molar-refractivity contribution is 7.99. The van der Waals surface area contributed by atoms with E-state index in [9.17, 15) is 39.9 Å². The molecule has 6 N–H and O–H groups in total. The zero-order valence-electron chi connectivity index (χ0n) is 24.4. The van der Waals surface area contributed by atoms with E-state index in [1.54, 1.807) is 6.92 Å². The average Bonchev–Trinajstić information content (AvgIpc) is 2.99. The summed E-state index contributed by atoms with van der Waals surface area (Å²) in [4.78, 5) is 29.9. The minimum Gasteiger partial charge on any atom is -0.396 e. The first-order valence-electron chi connectivity index (χ1n) is 12.8. The second-order valence-corrected chi connectivity index (χ2v) is 11.1. The first kappa shape index (κ1) is 44.5. The van der Waals surface area contributed by atoms with E-state index < -0.39 is 41.4 Å². The Balaban J connectivity index is 0.000000763. The first-order chi connectivity index (χ1) is 21.9. The predicted octanol–water partition coefficient (Wildman–Crippen LogP) is 7.83. The van der Waals surface area contributed by atoms with Crippen molar-refractivity contribution in [1.82, 2.24) is 19.9 Å². The van der Waals surface area contributed by atoms with Gasteiger partial charge in [0.05, 0.1) is 29.6 Å². The third-order valence-corrected chi connectivity index (χ3v) is 7.65. The monoisotopic (exact) mass is 738 g/mol. The van der Waals surface area contributed by atoms with Crippen LogP contribution in [0.4, 0.5) is 46.5 Å². The Labute approximate surface area is 286 Å². The van der Waals surface area contributed by atoms with Crippen LogP contribution in [0.2, 0.25) is 0 Å². The lowest BCUT2D eigenvalue weighted by atomic mass is 10.2. The molecule has 0 saturated carbocycles. The molecule has 4 aromatic rings. The maximum atomic E-state index is 14.0. The number of hydrogen-bond acceptors (Lipinski definition) is 9. The average molecular weight is 739 g/mol. The van der Waals surface area contributed by atoms with Crippen molar-refractivity contribution in [3.8, 4) is 0 Å². The number of primary amides is 1. The molecular weight excluding hydrogens is 705 g/mol. The van der Waals surface area contributed by atoms with Gasteiger partial charge in [0.1, 0.15) is 28.7 Å². The number of hydrogen-bond donors (Lipinski definition) is 3. The molecule has 19 heteroatoms. The van der Waals surface area contributed by atoms with Crippen LogP contribution < -0.4 is 17.2 Å². The largest absolute Gasteiger partial charge is 0.398 e. The van der Waals surface area contributed by atoms with Crippen molar-refractivity contribution in [2.24, 2.45) is 16.5 Å². The van der Waals surface area contributed by atoms with Crippen LogP contribution in [0.25, 0.3) is 0 Å². The van der Waals surface area contributed by atoms with E-state index in [-0.39, 0.29) is 48.3 Å². The van der Waals surface area contributed by atoms with E-state index in [4.69, 9.17) is 17.2 Å². The number of aromatic nitrogens is 4. The van der Waals surface area contributed by atoms with Crippen molar-refractivity contribution >= 4 is 46.6 Å². The number of amidine groups is 1. The molecule has 0 radical (unpaired) electrons. The second kappa shape index (κ2) is 20.1. The van der Waals surface area contributed by atoms with Crippen LogP contribution in [0.15, 0.2) is 76.2 Å². The Morgan fingerprint density at radius 3 is 1.59 bits per heavy atom. The van der Waals surface area contributed by atoms with Gasteiger partial charge in [0.15, 0.2) is 5.84 Å². The molecule has 9 nitrogen and oxygen atoms in total. The van der Waals surface area contributed by atoms with E-state index in [1.807, 2.05) is 0 Å². The lowest BCUT2D eigenvalue weighted by Gasteiger charge is -2.10. The van der Waals surface area contributed by atoms with Crippen LogP contribution in [0.1, 0.15) is 42.2 Å². The molecule has 2 aromatic heterocycles. The number of aryl methyl sites for hydroxylation is 2. The molecule has 268 valence electrons. The Hall–Kier alpha value is -4.52. The number of alkyl halides is 6. The summed E-state index contributed by atoms with van der Waals surface area (Å²) in [6, 6.07) is 4.72. The fourth-order valence-electron chi connectivity index (χ4n) is 3.07. The summed E-state index contributed by atoms with van der Waals surface area (Å²) in [5, 5.41) is 0. The standard InChI is InChI=1S/C14H12F4N4S.C9H9F4NS.C5H5N3O.2CH4/c1-8-4-9(15)10(5-12(8)23-7-14(16,17)18)22-13(19)11-6-20-2-3-21-11;1-5-2-6(10)7(14)3-8(5)15-4-9(11,12)13;6-5(9)4-3-7-1-2-8-4;;/h2-6H,7H2,1H3,(H2,19,22);2-3H,4,14H2,1H3;1-3H,(H2,6,9);2*1H4. The molecule has 4 rings (SSSR count). The molecule has 0 spiro atoms. The highest BCUT2D eigenvalue weighted by atomic mass is 32.2. The molecule has 0 fully saturated rings. The topological polar surface area (TPSA) is 159 Å². The van der Waals surface area contributed by atoms with Gasteiger partial charge in [0, 0.05) is 34.6 Å². The Morgan fingerprint density at radius 2 is 1.18 bits per heavy atom. The van der Waals surface area contributed by atoms with E-state index >= 15 is 0 Å². The zero-order chi connectivity index (χ0) is 35.4. The van der Waals surface area contributed by atoms with Gasteiger partial charge in [-0.15, -0.1) is 23.5 Å². The number of halogens is 8. The Morgan fingerprint density at radius 1 is 0.735 bits per heavy atom. The summed E-state index contributed by atoms with van der Waals surface area (Å²) in [6.07, 6.45) is -0.143. The molecule has 0 unspecified atom stereocenters. The lowest BCUT2D eigenvalue weighted by Crippen LogP contribution is -2.15. The first-order valence-corrected chi connectivity index (χ1v) is 14.7. The molecular formula is C30H34F8N8OS2. The van der Waals surface area contributed by atoms with Gasteiger partial charge in [0.2, 0.25) is 0 Å². The van der Waals surface area contributed by atoms with Gasteiger partial charge in [-0.25, -0.2) is 23.7 Å². The van der Waals surface area contributed by atoms with Crippen LogP contribution in [0.3, 0.4) is 0 Å². The summed E-state index contributed by atoms with van der Waals surface area (Å²) in [5.74, 6) is -3.98. The number of rotatable bonds is 7. The molecule has 49 heavy (non-hydrogen) atoms. The number of carbonyl (C=O) groups is 1. The molecule has 0 atom stereocenters. The SMILES string of the molecule is C.C.Cc1cc(F)c(N)cc1SCC(F)(F)F.Cc1cc(F)c(N=C(N)c2cnccn2)cc1SCC(F)(F)F.NC(=O)c1cnccn1. The van der Waals surface area contributed by atoms with Gasteiger partial charge < -0.3 is 17.2 Å². The third kappa shape index (κ3) is 16.4. The predicted molar refractivity (Wildman–Crippen MR) is 177 cm³/mol. The Bertz CT molecular complexity index is 1660. The van der Waals surface area contributed by atoms with E-state index in [0.29, 0.717) is 39.5 Å². The highest BCUT2D eigenvalue weighted by Crippen LogP contribution is 2.34. The maximum absolute atomic E-state index is 14.0. The normalized spacial score (nSPS) is 11.1. The molecule has 2 heterocycles. The Kier molecular flexibility index (Phi) is 18.2. The van der Waals surface area contributed by atoms with Crippen LogP contribution in [-0.4, -0.2) is 55.5 Å². The minimum absolute atomic E-state index is 0. The second-order valence-electron chi connectivity index (χ2n) is 9.06. The van der Waals surface area contributed by atoms with Gasteiger partial charge in [-0.3, -0.25) is 14.8 Å². The number of nitrogens with two attached hydrogens (primary N) is 3. The molecule has 0 bridgehead atoms. The van der Waals surface area contributed by atoms with Gasteiger partial charge in [-0.05, 0) is 49.2 Å². The molecule has 2 aromatic carbocycles. The van der Waals surface area contributed by atoms with Gasteiger partial charge in [-0.2, -0.15) is 26.3 Å². The van der Waals surface area contributed by atoms with Crippen LogP contribution in [0.5, 0.6) is 0 Å². The number of aliphatic imine (C=N–C) groups is 1. The number of nitrogen functional groups attached to an aromatic ring is 1. The van der Waals surface area contributed by atoms with Crippen LogP contribution >= 0.6 is 23.5 Å². The summed E-state index contributed by atoms with van der Waals surface area (Å²) in [5.41, 5.74) is 16.9. The van der Waals surface area contributed by atoms with Crippen molar-refractivity contribution in [2.75, 3.05) is 17.2 Å². The quantitative estimate of drug-likeness (QED) is 0.0565. The smallest absolute Gasteiger partial charge is 0.396 e. The van der Waals surface area contributed by atoms with E-state index in [0.717, 1.165) is 12.1 Å². The van der Waals surface area contributed by atoms with Gasteiger partial charge in [0.25, 0.3) is 5.91 Å². The molecule has 1 amide bonds. The fourth-order valence-corrected chi connectivity index (χ4v) is 4.69. The number of nitrogens with zero attached hydrogens (tertiary/aromatic N) is 5. The van der Waals surface area contributed by atoms with Crippen molar-refractivity contribution in [2.45, 2.75) is 50.8 Å². The molecule has 0 saturated heterocycles. The third-order valence-electron chi connectivity index (χ3n) is 5.20. The van der Waals surface area contributed by atoms with Crippen molar-refractivity contribution < 1.29 is 39.9 Å². The van der Waals surface area contributed by atoms with Crippen LogP contribution in [0, 0.1) is 25.5 Å². The minimum atomic E-state index is -4.31. The number of amides is 1. The maximum Gasteiger partial charge on any atom is 0.398 e. The molecule has 0 aliphatic carbocycles. The summed E-state index contributed by atoms with van der Waals surface area (Å²) < 4.78 is 99.6. The highest BCUT2D eigenvalue weighted by Gasteiger charge is 2.28. The van der Waals surface area contributed by atoms with Crippen molar-refractivity contribution in [3.63, 3.8) is 0 Å². The number of carbonyl (C=O) groups excluding carboxylic acids is 1. The molecule has 0 aliphatic rings.